The molecule has 0 aliphatic rings. The van der Waals surface area contributed by atoms with E-state index in [1.54, 1.807) is 0 Å². The maximum atomic E-state index is 6.07. The van der Waals surface area contributed by atoms with Crippen LogP contribution in [0.3, 0.4) is 0 Å². The van der Waals surface area contributed by atoms with Crippen molar-refractivity contribution in [1.82, 2.24) is 9.78 Å². The van der Waals surface area contributed by atoms with E-state index in [1.165, 1.54) is 0 Å². The fourth-order valence-corrected chi connectivity index (χ4v) is 2.36. The van der Waals surface area contributed by atoms with Crippen LogP contribution in [0, 0.1) is 6.92 Å². The summed E-state index contributed by atoms with van der Waals surface area (Å²) in [5, 5.41) is 4.38. The minimum Gasteiger partial charge on any atom is -0.382 e. The van der Waals surface area contributed by atoms with Crippen molar-refractivity contribution in [2.45, 2.75) is 27.0 Å². The zero-order valence-corrected chi connectivity index (χ0v) is 12.3. The summed E-state index contributed by atoms with van der Waals surface area (Å²) < 4.78 is 7.39. The van der Waals surface area contributed by atoms with E-state index in [0.717, 1.165) is 22.4 Å². The lowest BCUT2D eigenvalue weighted by Crippen LogP contribution is -2.12. The van der Waals surface area contributed by atoms with E-state index in [2.05, 4.69) is 11.7 Å². The molecule has 0 saturated heterocycles. The third-order valence-electron chi connectivity index (χ3n) is 3.35. The van der Waals surface area contributed by atoms with Crippen molar-refractivity contribution >= 4 is 11.4 Å². The first-order valence-corrected chi connectivity index (χ1v) is 6.77. The monoisotopic (exact) mass is 271 g/mol. The van der Waals surface area contributed by atoms with Gasteiger partial charge in [0.25, 0.3) is 0 Å². The highest BCUT2D eigenvalue weighted by Gasteiger charge is 2.19. The molecule has 0 bridgehead atoms. The van der Waals surface area contributed by atoms with Crippen LogP contribution >= 0.6 is 0 Å². The van der Waals surface area contributed by atoms with Gasteiger partial charge in [0.05, 0.1) is 0 Å². The first-order chi connectivity index (χ1) is 9.56. The highest BCUT2D eigenvalue weighted by atomic mass is 16.5. The lowest BCUT2D eigenvalue weighted by molar-refractivity contribution is 0.0147. The van der Waals surface area contributed by atoms with Crippen molar-refractivity contribution in [3.8, 4) is 0 Å². The number of benzene rings is 1. The van der Waals surface area contributed by atoms with Gasteiger partial charge >= 0.3 is 0 Å². The summed E-state index contributed by atoms with van der Waals surface area (Å²) in [5.41, 5.74) is 9.86. The third-order valence-corrected chi connectivity index (χ3v) is 3.35. The van der Waals surface area contributed by atoms with Crippen molar-refractivity contribution in [2.24, 2.45) is 0 Å². The van der Waals surface area contributed by atoms with Crippen molar-refractivity contribution in [3.63, 3.8) is 0 Å². The van der Waals surface area contributed by atoms with Crippen molar-refractivity contribution in [2.75, 3.05) is 12.3 Å². The molecule has 1 aromatic carbocycles. The Morgan fingerprint density at radius 1 is 1.40 bits per heavy atom. The Bertz CT molecular complexity index is 602. The van der Waals surface area contributed by atoms with E-state index in [-0.39, 0.29) is 6.23 Å². The normalized spacial score (nSPS) is 12.3. The first kappa shape index (κ1) is 14.3. The predicted octanol–water partition coefficient (Wildman–Crippen LogP) is 3.39. The quantitative estimate of drug-likeness (QED) is 0.907. The van der Waals surface area contributed by atoms with E-state index < -0.39 is 0 Å². The summed E-state index contributed by atoms with van der Waals surface area (Å²) in [4.78, 5) is 0. The number of nitrogens with zero attached hydrogens (tertiary/aromatic N) is 2. The highest BCUT2D eigenvalue weighted by Crippen LogP contribution is 2.30. The van der Waals surface area contributed by atoms with Gasteiger partial charge in [-0.2, -0.15) is 5.10 Å². The number of hydrogen-bond acceptors (Lipinski definition) is 3. The molecular weight excluding hydrogens is 250 g/mol. The molecule has 0 radical (unpaired) electrons. The number of nitrogens with two attached hydrogens (primary N) is 1. The van der Waals surface area contributed by atoms with E-state index in [4.69, 9.17) is 10.5 Å². The Labute approximate surface area is 119 Å². The maximum Gasteiger partial charge on any atom is 0.153 e. The van der Waals surface area contributed by atoms with Gasteiger partial charge in [-0.1, -0.05) is 36.9 Å². The van der Waals surface area contributed by atoms with E-state index >= 15 is 0 Å². The highest BCUT2D eigenvalue weighted by molar-refractivity contribution is 5.84. The molecule has 0 spiro atoms. The number of hydrogen-bond donors (Lipinski definition) is 1. The molecule has 20 heavy (non-hydrogen) atoms. The summed E-state index contributed by atoms with van der Waals surface area (Å²) >= 11 is 0. The number of rotatable bonds is 5. The zero-order valence-electron chi connectivity index (χ0n) is 12.3. The molecule has 0 fully saturated rings. The Hall–Kier alpha value is -2.07. The molecule has 0 saturated carbocycles. The van der Waals surface area contributed by atoms with E-state index in [9.17, 15) is 0 Å². The van der Waals surface area contributed by atoms with Gasteiger partial charge in [-0.05, 0) is 31.9 Å². The topological polar surface area (TPSA) is 53.1 Å². The third kappa shape index (κ3) is 2.60. The molecule has 1 atom stereocenters. The van der Waals surface area contributed by atoms with Gasteiger partial charge in [-0.15, -0.1) is 0 Å². The van der Waals surface area contributed by atoms with E-state index in [0.29, 0.717) is 12.4 Å². The molecule has 2 rings (SSSR count). The molecular formula is C16H21N3O. The van der Waals surface area contributed by atoms with Crippen LogP contribution in [-0.4, -0.2) is 16.4 Å². The van der Waals surface area contributed by atoms with Crippen LogP contribution in [0.25, 0.3) is 5.57 Å². The molecule has 0 amide bonds. The van der Waals surface area contributed by atoms with E-state index in [1.807, 2.05) is 55.8 Å². The summed E-state index contributed by atoms with van der Waals surface area (Å²) in [7, 11) is 0. The van der Waals surface area contributed by atoms with Crippen molar-refractivity contribution in [3.05, 3.63) is 53.7 Å². The minimum absolute atomic E-state index is 0.139. The van der Waals surface area contributed by atoms with Gasteiger partial charge in [0.1, 0.15) is 6.23 Å². The SMILES string of the molecule is C=C(c1ccccc1)c1c(N)nn(C(C)OCC)c1C. The molecule has 0 aliphatic heterocycles. The molecule has 0 aliphatic carbocycles. The smallest absolute Gasteiger partial charge is 0.153 e. The minimum atomic E-state index is -0.139. The Morgan fingerprint density at radius 3 is 2.65 bits per heavy atom. The van der Waals surface area contributed by atoms with Crippen molar-refractivity contribution < 1.29 is 4.74 Å². The Kier molecular flexibility index (Phi) is 4.25. The summed E-state index contributed by atoms with van der Waals surface area (Å²) in [6.45, 7) is 10.7. The largest absolute Gasteiger partial charge is 0.382 e. The second-order valence-corrected chi connectivity index (χ2v) is 4.69. The molecule has 1 aromatic heterocycles. The van der Waals surface area contributed by atoms with Crippen LogP contribution < -0.4 is 5.73 Å². The van der Waals surface area contributed by atoms with Crippen LogP contribution in [-0.2, 0) is 4.74 Å². The number of nitrogen functional groups attached to an aromatic ring is 1. The van der Waals surface area contributed by atoms with Crippen molar-refractivity contribution in [1.29, 1.82) is 0 Å². The predicted molar refractivity (Wildman–Crippen MR) is 82.3 cm³/mol. The zero-order chi connectivity index (χ0) is 14.7. The lowest BCUT2D eigenvalue weighted by atomic mass is 9.99. The first-order valence-electron chi connectivity index (χ1n) is 6.77. The Balaban J connectivity index is 2.41. The fourth-order valence-electron chi connectivity index (χ4n) is 2.36. The van der Waals surface area contributed by atoms with Gasteiger partial charge in [0.15, 0.2) is 5.82 Å². The molecule has 1 heterocycles. The average molecular weight is 271 g/mol. The molecule has 2 N–H and O–H groups in total. The lowest BCUT2D eigenvalue weighted by Gasteiger charge is -2.14. The number of ether oxygens (including phenoxy) is 1. The van der Waals surface area contributed by atoms with Gasteiger partial charge in [-0.3, -0.25) is 0 Å². The average Bonchev–Trinajstić information content (AvgIpc) is 2.75. The molecule has 1 unspecified atom stereocenters. The second kappa shape index (κ2) is 5.92. The second-order valence-electron chi connectivity index (χ2n) is 4.69. The van der Waals surface area contributed by atoms with Crippen LogP contribution in [0.5, 0.6) is 0 Å². The maximum absolute atomic E-state index is 6.07. The van der Waals surface area contributed by atoms with Crippen LogP contribution in [0.1, 0.15) is 36.9 Å². The number of anilines is 1. The summed E-state index contributed by atoms with van der Waals surface area (Å²) in [6, 6.07) is 9.99. The number of aromatic nitrogens is 2. The Morgan fingerprint density at radius 2 is 2.05 bits per heavy atom. The standard InChI is InChI=1S/C16H21N3O/c1-5-20-13(4)19-12(3)15(16(17)18-19)11(2)14-9-7-6-8-10-14/h6-10,13H,2,5H2,1,3-4H3,(H2,17,18). The van der Waals surface area contributed by atoms with Crippen LogP contribution in [0.2, 0.25) is 0 Å². The van der Waals surface area contributed by atoms with Gasteiger partial charge in [-0.25, -0.2) is 4.68 Å². The van der Waals surface area contributed by atoms with Gasteiger partial charge in [0, 0.05) is 17.9 Å². The summed E-state index contributed by atoms with van der Waals surface area (Å²) in [5.74, 6) is 0.489. The van der Waals surface area contributed by atoms with Crippen LogP contribution in [0.4, 0.5) is 5.82 Å². The molecule has 4 nitrogen and oxygen atoms in total. The fraction of sp³-hybridized carbons (Fsp3) is 0.312. The molecule has 106 valence electrons. The van der Waals surface area contributed by atoms with Gasteiger partial charge in [0.2, 0.25) is 0 Å². The molecule has 2 aromatic rings. The van der Waals surface area contributed by atoms with Gasteiger partial charge < -0.3 is 10.5 Å². The molecule has 4 heteroatoms. The van der Waals surface area contributed by atoms with Crippen LogP contribution in [0.15, 0.2) is 36.9 Å². The summed E-state index contributed by atoms with van der Waals surface area (Å²) in [6.07, 6.45) is -0.139.